The first-order valence-electron chi connectivity index (χ1n) is 12.5. The fraction of sp³-hybridized carbons (Fsp3) is 0.692. The quantitative estimate of drug-likeness (QED) is 0.471. The molecule has 2 heterocycles. The third-order valence-corrected chi connectivity index (χ3v) is 7.81. The maximum atomic E-state index is 12.9. The van der Waals surface area contributed by atoms with Gasteiger partial charge in [0.25, 0.3) is 5.91 Å². The number of aliphatic hydroxyl groups excluding tert-OH is 2. The van der Waals surface area contributed by atoms with E-state index in [4.69, 9.17) is 5.73 Å². The molecule has 2 bridgehead atoms. The molecule has 1 aromatic carbocycles. The Bertz CT molecular complexity index is 796. The van der Waals surface area contributed by atoms with Crippen molar-refractivity contribution in [3.8, 4) is 0 Å². The van der Waals surface area contributed by atoms with Crippen LogP contribution in [0.1, 0.15) is 81.1 Å². The molecule has 184 valence electrons. The molecule has 0 spiro atoms. The fourth-order valence-electron chi connectivity index (χ4n) is 5.64. The lowest BCUT2D eigenvalue weighted by atomic mass is 9.84. The summed E-state index contributed by atoms with van der Waals surface area (Å²) in [4.78, 5) is 28.8. The second kappa shape index (κ2) is 11.4. The van der Waals surface area contributed by atoms with Crippen molar-refractivity contribution in [3.63, 3.8) is 0 Å². The Balaban J connectivity index is 1.66. The summed E-state index contributed by atoms with van der Waals surface area (Å²) < 4.78 is 0. The molecule has 7 nitrogen and oxygen atoms in total. The lowest BCUT2D eigenvalue weighted by Gasteiger charge is -2.40. The Kier molecular flexibility index (Phi) is 8.90. The highest BCUT2D eigenvalue weighted by molar-refractivity contribution is 5.92. The number of aliphatic hydroxyl groups is 2. The Morgan fingerprint density at radius 1 is 1.15 bits per heavy atom. The second-order valence-corrected chi connectivity index (χ2v) is 9.93. The van der Waals surface area contributed by atoms with Crippen LogP contribution in [-0.2, 0) is 4.79 Å². The third-order valence-electron chi connectivity index (χ3n) is 7.81. The van der Waals surface area contributed by atoms with E-state index in [-0.39, 0.29) is 11.8 Å². The number of primary amides is 1. The van der Waals surface area contributed by atoms with Crippen molar-refractivity contribution in [2.45, 2.75) is 89.5 Å². The van der Waals surface area contributed by atoms with Crippen molar-refractivity contribution in [1.29, 1.82) is 0 Å². The van der Waals surface area contributed by atoms with E-state index in [0.717, 1.165) is 45.1 Å². The third kappa shape index (κ3) is 6.14. The molecule has 0 aliphatic carbocycles. The van der Waals surface area contributed by atoms with Crippen molar-refractivity contribution < 1.29 is 19.8 Å². The molecule has 2 amide bonds. The van der Waals surface area contributed by atoms with Gasteiger partial charge in [-0.3, -0.25) is 14.5 Å². The maximum absolute atomic E-state index is 12.9. The second-order valence-electron chi connectivity index (χ2n) is 9.93. The summed E-state index contributed by atoms with van der Waals surface area (Å²) in [5.41, 5.74) is 7.23. The van der Waals surface area contributed by atoms with Crippen LogP contribution in [0.4, 0.5) is 0 Å². The summed E-state index contributed by atoms with van der Waals surface area (Å²) >= 11 is 0. The van der Waals surface area contributed by atoms with Gasteiger partial charge in [-0.05, 0) is 62.1 Å². The van der Waals surface area contributed by atoms with E-state index in [1.54, 1.807) is 11.0 Å². The topological polar surface area (TPSA) is 107 Å². The molecule has 2 aliphatic heterocycles. The lowest BCUT2D eigenvalue weighted by molar-refractivity contribution is -0.146. The Hall–Kier alpha value is -1.96. The first kappa shape index (κ1) is 25.7. The summed E-state index contributed by atoms with van der Waals surface area (Å²) in [5.74, 6) is 0.0359. The van der Waals surface area contributed by atoms with Gasteiger partial charge < -0.3 is 20.8 Å². The molecule has 1 aromatic rings. The van der Waals surface area contributed by atoms with Crippen LogP contribution in [-0.4, -0.2) is 75.8 Å². The van der Waals surface area contributed by atoms with E-state index >= 15 is 0 Å². The number of hydrogen-bond acceptors (Lipinski definition) is 5. The molecule has 2 unspecified atom stereocenters. The monoisotopic (exact) mass is 459 g/mol. The number of rotatable bonds is 11. The normalized spacial score (nSPS) is 24.6. The molecule has 0 saturated carbocycles. The zero-order chi connectivity index (χ0) is 24.1. The summed E-state index contributed by atoms with van der Waals surface area (Å²) in [6, 6.07) is 8.63. The van der Waals surface area contributed by atoms with Crippen molar-refractivity contribution in [2.75, 3.05) is 19.6 Å². The van der Waals surface area contributed by atoms with Gasteiger partial charge in [0.05, 0.1) is 6.10 Å². The van der Waals surface area contributed by atoms with Crippen LogP contribution in [0.15, 0.2) is 24.3 Å². The molecule has 3 rings (SSSR count). The van der Waals surface area contributed by atoms with E-state index < -0.39 is 12.2 Å². The van der Waals surface area contributed by atoms with Crippen LogP contribution in [0.3, 0.4) is 0 Å². The molecular weight excluding hydrogens is 418 g/mol. The molecule has 2 fully saturated rings. The van der Waals surface area contributed by atoms with Gasteiger partial charge in [-0.15, -0.1) is 0 Å². The molecular formula is C26H41N3O4. The predicted molar refractivity (Wildman–Crippen MR) is 129 cm³/mol. The number of benzene rings is 1. The zero-order valence-electron chi connectivity index (χ0n) is 20.3. The van der Waals surface area contributed by atoms with Crippen LogP contribution >= 0.6 is 0 Å². The van der Waals surface area contributed by atoms with Gasteiger partial charge in [0.2, 0.25) is 5.91 Å². The molecule has 33 heavy (non-hydrogen) atoms. The van der Waals surface area contributed by atoms with Gasteiger partial charge in [0.1, 0.15) is 0 Å². The highest BCUT2D eigenvalue weighted by Gasteiger charge is 2.41. The number of nitrogens with two attached hydrogens (primary N) is 1. The summed E-state index contributed by atoms with van der Waals surface area (Å²) in [7, 11) is 0. The average Bonchev–Trinajstić information content (AvgIpc) is 3.04. The Morgan fingerprint density at radius 3 is 2.33 bits per heavy atom. The van der Waals surface area contributed by atoms with Gasteiger partial charge in [0, 0.05) is 37.3 Å². The van der Waals surface area contributed by atoms with Crippen molar-refractivity contribution in [3.05, 3.63) is 35.4 Å². The summed E-state index contributed by atoms with van der Waals surface area (Å²) in [6.07, 6.45) is 3.87. The highest BCUT2D eigenvalue weighted by Crippen LogP contribution is 2.43. The van der Waals surface area contributed by atoms with Crippen molar-refractivity contribution >= 4 is 11.8 Å². The highest BCUT2D eigenvalue weighted by atomic mass is 16.3. The van der Waals surface area contributed by atoms with Gasteiger partial charge in [0.15, 0.2) is 6.10 Å². The molecule has 7 heteroatoms. The fourth-order valence-corrected chi connectivity index (χ4v) is 5.64. The van der Waals surface area contributed by atoms with Gasteiger partial charge in [-0.2, -0.15) is 0 Å². The maximum Gasteiger partial charge on any atom is 0.254 e. The smallest absolute Gasteiger partial charge is 0.254 e. The number of hydrogen-bond donors (Lipinski definition) is 3. The molecule has 4 N–H and O–H groups in total. The number of carbonyl (C=O) groups is 2. The van der Waals surface area contributed by atoms with Crippen molar-refractivity contribution in [1.82, 2.24) is 9.80 Å². The van der Waals surface area contributed by atoms with Crippen LogP contribution in [0.25, 0.3) is 0 Å². The van der Waals surface area contributed by atoms with Gasteiger partial charge in [-0.25, -0.2) is 0 Å². The predicted octanol–water partition coefficient (Wildman–Crippen LogP) is 2.50. The van der Waals surface area contributed by atoms with E-state index in [2.05, 4.69) is 24.8 Å². The van der Waals surface area contributed by atoms with E-state index in [0.29, 0.717) is 42.6 Å². The molecule has 2 saturated heterocycles. The molecule has 2 aliphatic rings. The largest absolute Gasteiger partial charge is 0.390 e. The first-order chi connectivity index (χ1) is 15.7. The summed E-state index contributed by atoms with van der Waals surface area (Å²) in [5, 5.41) is 20.0. The number of carbonyl (C=O) groups excluding carboxylic acids is 2. The minimum Gasteiger partial charge on any atom is -0.390 e. The molecule has 0 aromatic heterocycles. The SMILES string of the molecule is CCC(CC)CN(CCN1[C@@H]2CC[C@H]1C[C@@H](c1cccc(C(N)=O)c1)C2)C(=O)C(O)C(C)O. The van der Waals surface area contributed by atoms with E-state index in [1.807, 2.05) is 12.1 Å². The number of fused-ring (bicyclic) bond motifs is 2. The zero-order valence-corrected chi connectivity index (χ0v) is 20.3. The number of piperidine rings is 1. The Labute approximate surface area is 197 Å². The standard InChI is InChI=1S/C26H41N3O4/c1-4-18(5-2)16-28(26(33)24(31)17(3)30)11-12-29-22-9-10-23(29)15-21(14-22)19-7-6-8-20(13-19)25(27)32/h6-8,13,17-18,21-24,30-31H,4-5,9-12,14-16H2,1-3H3,(H2,27,32)/t17?,21-,22+,23-,24?. The Morgan fingerprint density at radius 2 is 1.79 bits per heavy atom. The number of nitrogens with zero attached hydrogens (tertiary/aromatic N) is 2. The molecule has 0 radical (unpaired) electrons. The lowest BCUT2D eigenvalue weighted by Crippen LogP contribution is -2.51. The van der Waals surface area contributed by atoms with Crippen LogP contribution in [0, 0.1) is 5.92 Å². The minimum atomic E-state index is -1.38. The first-order valence-corrected chi connectivity index (χ1v) is 12.5. The van der Waals surface area contributed by atoms with E-state index in [9.17, 15) is 19.8 Å². The van der Waals surface area contributed by atoms with Gasteiger partial charge in [-0.1, -0.05) is 38.8 Å². The van der Waals surface area contributed by atoms with Crippen LogP contribution < -0.4 is 5.73 Å². The van der Waals surface area contributed by atoms with Crippen LogP contribution in [0.5, 0.6) is 0 Å². The van der Waals surface area contributed by atoms with E-state index in [1.165, 1.54) is 12.5 Å². The average molecular weight is 460 g/mol. The number of amides is 2. The van der Waals surface area contributed by atoms with Crippen molar-refractivity contribution in [2.24, 2.45) is 11.7 Å². The minimum absolute atomic E-state index is 0.373. The van der Waals surface area contributed by atoms with Gasteiger partial charge >= 0.3 is 0 Å². The van der Waals surface area contributed by atoms with Crippen LogP contribution in [0.2, 0.25) is 0 Å². The molecule has 5 atom stereocenters. The summed E-state index contributed by atoms with van der Waals surface area (Å²) in [6.45, 7) is 7.66.